The number of nitrogens with zero attached hydrogens (tertiary/aromatic N) is 3. The molecule has 0 bridgehead atoms. The molecule has 118 valence electrons. The number of aromatic nitrogens is 3. The summed E-state index contributed by atoms with van der Waals surface area (Å²) in [5.74, 6) is 0.00815. The zero-order chi connectivity index (χ0) is 16.1. The first kappa shape index (κ1) is 16.5. The number of aryl methyl sites for hydroxylation is 1. The van der Waals surface area contributed by atoms with Crippen molar-refractivity contribution in [1.82, 2.24) is 14.8 Å². The van der Waals surface area contributed by atoms with Gasteiger partial charge in [-0.2, -0.15) is 0 Å². The normalized spacial score (nSPS) is 13.6. The molecule has 0 fully saturated rings. The van der Waals surface area contributed by atoms with E-state index < -0.39 is 6.04 Å². The maximum atomic E-state index is 12.0. The van der Waals surface area contributed by atoms with E-state index in [0.717, 1.165) is 22.2 Å². The Morgan fingerprint density at radius 3 is 2.64 bits per heavy atom. The van der Waals surface area contributed by atoms with Gasteiger partial charge in [0.05, 0.1) is 6.04 Å². The third kappa shape index (κ3) is 4.08. The van der Waals surface area contributed by atoms with Crippen molar-refractivity contribution in [2.45, 2.75) is 36.4 Å². The minimum atomic E-state index is -0.488. The van der Waals surface area contributed by atoms with Crippen LogP contribution in [0.15, 0.2) is 40.6 Å². The van der Waals surface area contributed by atoms with Gasteiger partial charge in [-0.15, -0.1) is 10.2 Å². The fraction of sp³-hybridized carbons (Fsp3) is 0.400. The number of nitrogens with two attached hydrogens (primary N) is 1. The van der Waals surface area contributed by atoms with Gasteiger partial charge in [-0.05, 0) is 41.9 Å². The average molecular weight is 319 g/mol. The van der Waals surface area contributed by atoms with E-state index in [1.165, 1.54) is 11.8 Å². The van der Waals surface area contributed by atoms with Gasteiger partial charge in [-0.1, -0.05) is 20.3 Å². The van der Waals surface area contributed by atoms with Crippen molar-refractivity contribution in [3.63, 3.8) is 0 Å². The molecule has 1 amide bonds. The van der Waals surface area contributed by atoms with Gasteiger partial charge in [0.25, 0.3) is 0 Å². The largest absolute Gasteiger partial charge is 0.325 e. The number of amides is 1. The van der Waals surface area contributed by atoms with Crippen molar-refractivity contribution in [3.8, 4) is 0 Å². The highest BCUT2D eigenvalue weighted by molar-refractivity contribution is 7.99. The summed E-state index contributed by atoms with van der Waals surface area (Å²) in [7, 11) is 1.90. The molecule has 0 aliphatic heterocycles. The van der Waals surface area contributed by atoms with Gasteiger partial charge >= 0.3 is 0 Å². The molecule has 1 aromatic heterocycles. The predicted octanol–water partition coefficient (Wildman–Crippen LogP) is 2.28. The molecular formula is C15H21N5OS. The summed E-state index contributed by atoms with van der Waals surface area (Å²) in [5, 5.41) is 11.5. The van der Waals surface area contributed by atoms with Crippen LogP contribution in [0.2, 0.25) is 0 Å². The topological polar surface area (TPSA) is 85.8 Å². The van der Waals surface area contributed by atoms with E-state index in [9.17, 15) is 4.79 Å². The lowest BCUT2D eigenvalue weighted by atomic mass is 9.99. The van der Waals surface area contributed by atoms with E-state index in [-0.39, 0.29) is 11.8 Å². The quantitative estimate of drug-likeness (QED) is 0.853. The molecule has 2 aromatic rings. The third-order valence-electron chi connectivity index (χ3n) is 3.56. The first-order valence-electron chi connectivity index (χ1n) is 7.19. The number of carbonyl (C=O) groups excluding carboxylic acids is 1. The molecule has 2 atom stereocenters. The molecule has 0 spiro atoms. The van der Waals surface area contributed by atoms with Crippen LogP contribution in [0.1, 0.15) is 20.3 Å². The van der Waals surface area contributed by atoms with Crippen molar-refractivity contribution < 1.29 is 4.79 Å². The summed E-state index contributed by atoms with van der Waals surface area (Å²) in [6.07, 6.45) is 2.54. The van der Waals surface area contributed by atoms with Crippen molar-refractivity contribution >= 4 is 23.4 Å². The van der Waals surface area contributed by atoms with Crippen LogP contribution < -0.4 is 11.1 Å². The molecule has 0 aliphatic carbocycles. The molecule has 1 aromatic carbocycles. The highest BCUT2D eigenvalue weighted by Gasteiger charge is 2.19. The van der Waals surface area contributed by atoms with Crippen LogP contribution in [0.25, 0.3) is 0 Å². The van der Waals surface area contributed by atoms with Crippen LogP contribution in [0.4, 0.5) is 5.69 Å². The average Bonchev–Trinajstić information content (AvgIpc) is 2.92. The molecule has 1 heterocycles. The Morgan fingerprint density at radius 2 is 2.09 bits per heavy atom. The molecule has 3 N–H and O–H groups in total. The Bertz CT molecular complexity index is 625. The molecule has 22 heavy (non-hydrogen) atoms. The molecule has 0 saturated carbocycles. The Hall–Kier alpha value is -1.86. The van der Waals surface area contributed by atoms with Crippen molar-refractivity contribution in [1.29, 1.82) is 0 Å². The fourth-order valence-corrected chi connectivity index (χ4v) is 2.58. The minimum Gasteiger partial charge on any atom is -0.325 e. The van der Waals surface area contributed by atoms with E-state index in [1.54, 1.807) is 6.33 Å². The van der Waals surface area contributed by atoms with Crippen molar-refractivity contribution in [2.24, 2.45) is 18.7 Å². The number of benzene rings is 1. The van der Waals surface area contributed by atoms with E-state index in [1.807, 2.05) is 49.7 Å². The lowest BCUT2D eigenvalue weighted by molar-refractivity contribution is -0.118. The zero-order valence-electron chi connectivity index (χ0n) is 13.0. The highest BCUT2D eigenvalue weighted by atomic mass is 32.2. The lowest BCUT2D eigenvalue weighted by Gasteiger charge is -2.17. The second kappa shape index (κ2) is 7.42. The molecule has 2 unspecified atom stereocenters. The minimum absolute atomic E-state index is 0.150. The SMILES string of the molecule is CCC(C)C(N)C(=O)Nc1ccc(Sc2nncn2C)cc1. The summed E-state index contributed by atoms with van der Waals surface area (Å²) < 4.78 is 1.85. The van der Waals surface area contributed by atoms with Gasteiger partial charge in [0.1, 0.15) is 6.33 Å². The molecular weight excluding hydrogens is 298 g/mol. The molecule has 0 saturated heterocycles. The Morgan fingerprint density at radius 1 is 1.41 bits per heavy atom. The lowest BCUT2D eigenvalue weighted by Crippen LogP contribution is -2.40. The van der Waals surface area contributed by atoms with E-state index in [4.69, 9.17) is 5.73 Å². The number of hydrogen-bond donors (Lipinski definition) is 2. The summed E-state index contributed by atoms with van der Waals surface area (Å²) in [4.78, 5) is 13.1. The molecule has 0 radical (unpaired) electrons. The van der Waals surface area contributed by atoms with E-state index in [2.05, 4.69) is 15.5 Å². The summed E-state index contributed by atoms with van der Waals surface area (Å²) >= 11 is 1.52. The highest BCUT2D eigenvalue weighted by Crippen LogP contribution is 2.26. The van der Waals surface area contributed by atoms with Crippen LogP contribution in [0.3, 0.4) is 0 Å². The fourth-order valence-electron chi connectivity index (χ4n) is 1.81. The predicted molar refractivity (Wildman–Crippen MR) is 87.6 cm³/mol. The van der Waals surface area contributed by atoms with Gasteiger partial charge in [0.2, 0.25) is 5.91 Å². The second-order valence-electron chi connectivity index (χ2n) is 5.25. The van der Waals surface area contributed by atoms with Gasteiger partial charge in [-0.25, -0.2) is 0 Å². The van der Waals surface area contributed by atoms with Gasteiger partial charge in [0.15, 0.2) is 5.16 Å². The van der Waals surface area contributed by atoms with E-state index in [0.29, 0.717) is 0 Å². The Labute approximate surface area is 134 Å². The van der Waals surface area contributed by atoms with Crippen molar-refractivity contribution in [3.05, 3.63) is 30.6 Å². The summed E-state index contributed by atoms with van der Waals surface area (Å²) in [5.41, 5.74) is 6.66. The number of rotatable bonds is 6. The van der Waals surface area contributed by atoms with Crippen LogP contribution >= 0.6 is 11.8 Å². The monoisotopic (exact) mass is 319 g/mol. The van der Waals surface area contributed by atoms with Crippen molar-refractivity contribution in [2.75, 3.05) is 5.32 Å². The first-order chi connectivity index (χ1) is 10.5. The second-order valence-corrected chi connectivity index (χ2v) is 6.29. The van der Waals surface area contributed by atoms with E-state index >= 15 is 0 Å². The molecule has 0 aliphatic rings. The van der Waals surface area contributed by atoms with Gasteiger partial charge in [-0.3, -0.25) is 4.79 Å². The maximum Gasteiger partial charge on any atom is 0.241 e. The number of nitrogens with one attached hydrogen (secondary N) is 1. The first-order valence-corrected chi connectivity index (χ1v) is 8.01. The number of carbonyl (C=O) groups is 1. The van der Waals surface area contributed by atoms with Crippen LogP contribution in [0, 0.1) is 5.92 Å². The molecule has 7 heteroatoms. The Balaban J connectivity index is 1.97. The van der Waals surface area contributed by atoms with Crippen LogP contribution in [0.5, 0.6) is 0 Å². The standard InChI is InChI=1S/C15H21N5OS/c1-4-10(2)13(16)14(21)18-11-5-7-12(8-6-11)22-15-19-17-9-20(15)3/h5-10,13H,4,16H2,1-3H3,(H,18,21). The van der Waals surface area contributed by atoms with Crippen LogP contribution in [-0.4, -0.2) is 26.7 Å². The van der Waals surface area contributed by atoms with Crippen LogP contribution in [-0.2, 0) is 11.8 Å². The van der Waals surface area contributed by atoms with Gasteiger partial charge < -0.3 is 15.6 Å². The number of hydrogen-bond acceptors (Lipinski definition) is 5. The molecule has 6 nitrogen and oxygen atoms in total. The Kier molecular flexibility index (Phi) is 5.57. The molecule has 2 rings (SSSR count). The maximum absolute atomic E-state index is 12.0. The number of anilines is 1. The van der Waals surface area contributed by atoms with Gasteiger partial charge in [0, 0.05) is 17.6 Å². The summed E-state index contributed by atoms with van der Waals surface area (Å²) in [6, 6.07) is 7.10. The zero-order valence-corrected chi connectivity index (χ0v) is 13.8. The summed E-state index contributed by atoms with van der Waals surface area (Å²) in [6.45, 7) is 4.00. The third-order valence-corrected chi connectivity index (χ3v) is 4.62. The smallest absolute Gasteiger partial charge is 0.241 e.